The molecule has 1 rings (SSSR count). The highest BCUT2D eigenvalue weighted by atomic mass is 16.3. The lowest BCUT2D eigenvalue weighted by Crippen LogP contribution is -2.17. The molecule has 3 N–H and O–H groups in total. The zero-order valence-electron chi connectivity index (χ0n) is 7.98. The molecule has 0 radical (unpaired) electrons. The van der Waals surface area contributed by atoms with Crippen molar-refractivity contribution in [1.82, 2.24) is 9.55 Å². The molecule has 0 saturated heterocycles. The standard InChI is InChI=1S/C9H17N3O/c1-2-12-7-11-6-9(12)8(5-10)3-4-13/h6-8,13H,2-5,10H2,1H3. The van der Waals surface area contributed by atoms with Gasteiger partial charge in [-0.25, -0.2) is 4.98 Å². The molecule has 0 saturated carbocycles. The van der Waals surface area contributed by atoms with Gasteiger partial charge < -0.3 is 15.4 Å². The maximum atomic E-state index is 8.84. The Morgan fingerprint density at radius 3 is 3.00 bits per heavy atom. The van der Waals surface area contributed by atoms with Crippen LogP contribution in [0, 0.1) is 0 Å². The van der Waals surface area contributed by atoms with Gasteiger partial charge >= 0.3 is 0 Å². The molecule has 0 fully saturated rings. The molecule has 1 heterocycles. The number of hydrogen-bond acceptors (Lipinski definition) is 3. The normalized spacial score (nSPS) is 13.2. The van der Waals surface area contributed by atoms with Gasteiger partial charge in [0.25, 0.3) is 0 Å². The molecule has 0 amide bonds. The average molecular weight is 183 g/mol. The van der Waals surface area contributed by atoms with Crippen molar-refractivity contribution in [3.63, 3.8) is 0 Å². The number of aliphatic hydroxyl groups is 1. The molecule has 1 aromatic heterocycles. The van der Waals surface area contributed by atoms with Crippen LogP contribution in [0.15, 0.2) is 12.5 Å². The third-order valence-electron chi connectivity index (χ3n) is 2.27. The van der Waals surface area contributed by atoms with E-state index in [0.29, 0.717) is 13.0 Å². The number of nitrogens with two attached hydrogens (primary N) is 1. The number of hydrogen-bond donors (Lipinski definition) is 2. The summed E-state index contributed by atoms with van der Waals surface area (Å²) in [6, 6.07) is 0. The average Bonchev–Trinajstić information content (AvgIpc) is 2.61. The second kappa shape index (κ2) is 4.99. The highest BCUT2D eigenvalue weighted by molar-refractivity contribution is 5.06. The van der Waals surface area contributed by atoms with E-state index in [4.69, 9.17) is 10.8 Å². The van der Waals surface area contributed by atoms with E-state index in [0.717, 1.165) is 12.2 Å². The van der Waals surface area contributed by atoms with Crippen LogP contribution in [-0.4, -0.2) is 27.8 Å². The summed E-state index contributed by atoms with van der Waals surface area (Å²) in [5.41, 5.74) is 6.75. The Morgan fingerprint density at radius 1 is 1.69 bits per heavy atom. The van der Waals surface area contributed by atoms with E-state index in [1.165, 1.54) is 0 Å². The first-order valence-corrected chi connectivity index (χ1v) is 4.64. The number of nitrogens with zero attached hydrogens (tertiary/aromatic N) is 2. The van der Waals surface area contributed by atoms with Gasteiger partial charge in [-0.1, -0.05) is 0 Å². The highest BCUT2D eigenvalue weighted by Crippen LogP contribution is 2.17. The van der Waals surface area contributed by atoms with E-state index in [1.807, 2.05) is 6.20 Å². The minimum Gasteiger partial charge on any atom is -0.396 e. The Kier molecular flexibility index (Phi) is 3.92. The molecule has 0 aliphatic heterocycles. The number of aliphatic hydroxyl groups excluding tert-OH is 1. The molecule has 4 nitrogen and oxygen atoms in total. The molecular formula is C9H17N3O. The summed E-state index contributed by atoms with van der Waals surface area (Å²) >= 11 is 0. The molecule has 0 aromatic carbocycles. The third kappa shape index (κ3) is 2.29. The van der Waals surface area contributed by atoms with E-state index in [2.05, 4.69) is 16.5 Å². The predicted molar refractivity (Wildman–Crippen MR) is 51.4 cm³/mol. The summed E-state index contributed by atoms with van der Waals surface area (Å²) in [5.74, 6) is 0.229. The summed E-state index contributed by atoms with van der Waals surface area (Å²) in [4.78, 5) is 4.07. The van der Waals surface area contributed by atoms with Crippen molar-refractivity contribution in [1.29, 1.82) is 0 Å². The molecular weight excluding hydrogens is 166 g/mol. The van der Waals surface area contributed by atoms with E-state index in [-0.39, 0.29) is 12.5 Å². The molecule has 1 atom stereocenters. The van der Waals surface area contributed by atoms with Crippen LogP contribution in [-0.2, 0) is 6.54 Å². The first-order valence-electron chi connectivity index (χ1n) is 4.64. The summed E-state index contributed by atoms with van der Waals surface area (Å²) in [6.45, 7) is 3.71. The van der Waals surface area contributed by atoms with Crippen LogP contribution >= 0.6 is 0 Å². The topological polar surface area (TPSA) is 64.1 Å². The molecule has 0 aliphatic carbocycles. The van der Waals surface area contributed by atoms with Gasteiger partial charge in [0.1, 0.15) is 0 Å². The Labute approximate surface area is 78.4 Å². The molecule has 0 aliphatic rings. The third-order valence-corrected chi connectivity index (χ3v) is 2.27. The van der Waals surface area contributed by atoms with Crippen LogP contribution in [0.2, 0.25) is 0 Å². The second-order valence-electron chi connectivity index (χ2n) is 3.05. The lowest BCUT2D eigenvalue weighted by Gasteiger charge is -2.14. The van der Waals surface area contributed by atoms with Crippen LogP contribution < -0.4 is 5.73 Å². The number of rotatable bonds is 5. The number of aryl methyl sites for hydroxylation is 1. The summed E-state index contributed by atoms with van der Waals surface area (Å²) < 4.78 is 2.06. The van der Waals surface area contributed by atoms with E-state index < -0.39 is 0 Å². The maximum absolute atomic E-state index is 8.84. The van der Waals surface area contributed by atoms with Gasteiger partial charge in [-0.15, -0.1) is 0 Å². The van der Waals surface area contributed by atoms with Crippen LogP contribution in [0.25, 0.3) is 0 Å². The SMILES string of the molecule is CCn1cncc1C(CN)CCO. The minimum atomic E-state index is 0.177. The lowest BCUT2D eigenvalue weighted by atomic mass is 10.0. The fourth-order valence-corrected chi connectivity index (χ4v) is 1.48. The van der Waals surface area contributed by atoms with Gasteiger partial charge in [-0.05, 0) is 13.3 Å². The monoisotopic (exact) mass is 183 g/mol. The molecule has 74 valence electrons. The Balaban J connectivity index is 2.77. The van der Waals surface area contributed by atoms with Crippen molar-refractivity contribution >= 4 is 0 Å². The Morgan fingerprint density at radius 2 is 2.46 bits per heavy atom. The van der Waals surface area contributed by atoms with Crippen molar-refractivity contribution in [2.45, 2.75) is 25.8 Å². The van der Waals surface area contributed by atoms with Gasteiger partial charge in [0.05, 0.1) is 6.33 Å². The molecule has 0 spiro atoms. The van der Waals surface area contributed by atoms with Gasteiger partial charge in [-0.2, -0.15) is 0 Å². The van der Waals surface area contributed by atoms with E-state index >= 15 is 0 Å². The van der Waals surface area contributed by atoms with Gasteiger partial charge in [0.15, 0.2) is 0 Å². The molecule has 1 unspecified atom stereocenters. The van der Waals surface area contributed by atoms with Gasteiger partial charge in [0, 0.05) is 37.5 Å². The number of imidazole rings is 1. The van der Waals surface area contributed by atoms with Crippen molar-refractivity contribution < 1.29 is 5.11 Å². The van der Waals surface area contributed by atoms with Gasteiger partial charge in [0.2, 0.25) is 0 Å². The van der Waals surface area contributed by atoms with Crippen LogP contribution in [0.5, 0.6) is 0 Å². The molecule has 0 bridgehead atoms. The van der Waals surface area contributed by atoms with Crippen LogP contribution in [0.4, 0.5) is 0 Å². The fourth-order valence-electron chi connectivity index (χ4n) is 1.48. The summed E-state index contributed by atoms with van der Waals surface area (Å²) in [6.07, 6.45) is 4.34. The number of aromatic nitrogens is 2. The van der Waals surface area contributed by atoms with Crippen molar-refractivity contribution in [3.8, 4) is 0 Å². The maximum Gasteiger partial charge on any atom is 0.0948 e. The zero-order valence-corrected chi connectivity index (χ0v) is 7.98. The smallest absolute Gasteiger partial charge is 0.0948 e. The largest absolute Gasteiger partial charge is 0.396 e. The van der Waals surface area contributed by atoms with E-state index in [1.54, 1.807) is 6.33 Å². The lowest BCUT2D eigenvalue weighted by molar-refractivity contribution is 0.274. The van der Waals surface area contributed by atoms with E-state index in [9.17, 15) is 0 Å². The van der Waals surface area contributed by atoms with Crippen molar-refractivity contribution in [2.24, 2.45) is 5.73 Å². The quantitative estimate of drug-likeness (QED) is 0.691. The fraction of sp³-hybridized carbons (Fsp3) is 0.667. The summed E-state index contributed by atoms with van der Waals surface area (Å²) in [5, 5.41) is 8.84. The van der Waals surface area contributed by atoms with Crippen molar-refractivity contribution in [3.05, 3.63) is 18.2 Å². The molecule has 4 heteroatoms. The first-order chi connectivity index (χ1) is 6.33. The first kappa shape index (κ1) is 10.2. The molecule has 13 heavy (non-hydrogen) atoms. The predicted octanol–water partition coefficient (Wildman–Crippen LogP) is 0.328. The summed E-state index contributed by atoms with van der Waals surface area (Å²) in [7, 11) is 0. The Bertz CT molecular complexity index is 247. The second-order valence-corrected chi connectivity index (χ2v) is 3.05. The molecule has 1 aromatic rings. The van der Waals surface area contributed by atoms with Crippen molar-refractivity contribution in [2.75, 3.05) is 13.2 Å². The highest BCUT2D eigenvalue weighted by Gasteiger charge is 2.12. The Hall–Kier alpha value is -0.870. The van der Waals surface area contributed by atoms with Crippen LogP contribution in [0.3, 0.4) is 0 Å². The van der Waals surface area contributed by atoms with Crippen LogP contribution in [0.1, 0.15) is 25.0 Å². The zero-order chi connectivity index (χ0) is 9.68. The van der Waals surface area contributed by atoms with Gasteiger partial charge in [-0.3, -0.25) is 0 Å². The minimum absolute atomic E-state index is 0.177.